The zero-order chi connectivity index (χ0) is 22.7. The summed E-state index contributed by atoms with van der Waals surface area (Å²) < 4.78 is 0. The molecule has 0 unspecified atom stereocenters. The minimum Gasteiger partial charge on any atom is -0.385 e. The summed E-state index contributed by atoms with van der Waals surface area (Å²) in [5.74, 6) is 0. The van der Waals surface area contributed by atoms with E-state index in [0.29, 0.717) is 6.04 Å². The average Bonchev–Trinajstić information content (AvgIpc) is 2.91. The van der Waals surface area contributed by atoms with E-state index in [9.17, 15) is 0 Å². The zero-order valence-corrected chi connectivity index (χ0v) is 19.0. The van der Waals surface area contributed by atoms with E-state index in [4.69, 9.17) is 11.1 Å². The number of nitrogens with two attached hydrogens (primary N) is 1. The first-order chi connectivity index (χ1) is 13.8. The number of likely N-dealkylation sites (N-methyl/N-ethyl adjacent to an activating group) is 1. The normalized spacial score (nSPS) is 13.7. The Morgan fingerprint density at radius 2 is 1.93 bits per heavy atom. The SMILES string of the molecule is C=C/C(C)=C(\C=C(/C)C=N)C1=C(NCC)C=CC=C=C1.C=C/C=C\C.CC(C)N. The van der Waals surface area contributed by atoms with Gasteiger partial charge in [0.1, 0.15) is 0 Å². The first kappa shape index (κ1) is 28.3. The van der Waals surface area contributed by atoms with E-state index in [1.807, 2.05) is 83.2 Å². The largest absolute Gasteiger partial charge is 0.385 e. The molecule has 1 aliphatic carbocycles. The average molecular weight is 394 g/mol. The lowest BCUT2D eigenvalue weighted by Gasteiger charge is -2.13. The van der Waals surface area contributed by atoms with Gasteiger partial charge in [0.15, 0.2) is 0 Å². The van der Waals surface area contributed by atoms with Crippen LogP contribution in [-0.2, 0) is 0 Å². The topological polar surface area (TPSA) is 61.9 Å². The summed E-state index contributed by atoms with van der Waals surface area (Å²) in [5, 5.41) is 10.7. The Kier molecular flexibility index (Phi) is 18.1. The molecule has 0 aromatic rings. The molecule has 0 spiro atoms. The van der Waals surface area contributed by atoms with Crippen LogP contribution in [0, 0.1) is 5.41 Å². The lowest BCUT2D eigenvalue weighted by atomic mass is 9.96. The Bertz CT molecular complexity index is 729. The summed E-state index contributed by atoms with van der Waals surface area (Å²) in [5.41, 5.74) is 13.4. The van der Waals surface area contributed by atoms with E-state index in [2.05, 4.69) is 31.1 Å². The van der Waals surface area contributed by atoms with Crippen LogP contribution in [0.2, 0.25) is 0 Å². The summed E-state index contributed by atoms with van der Waals surface area (Å²) in [6.07, 6.45) is 18.6. The third kappa shape index (κ3) is 14.8. The van der Waals surface area contributed by atoms with Gasteiger partial charge in [-0.25, -0.2) is 0 Å². The summed E-state index contributed by atoms with van der Waals surface area (Å²) in [7, 11) is 0. The van der Waals surface area contributed by atoms with Gasteiger partial charge < -0.3 is 16.5 Å². The molecule has 0 bridgehead atoms. The van der Waals surface area contributed by atoms with E-state index < -0.39 is 0 Å². The van der Waals surface area contributed by atoms with Gasteiger partial charge in [-0.1, -0.05) is 57.4 Å². The second kappa shape index (κ2) is 18.5. The highest BCUT2D eigenvalue weighted by atomic mass is 14.9. The highest BCUT2D eigenvalue weighted by Gasteiger charge is 2.09. The fourth-order valence-corrected chi connectivity index (χ4v) is 1.99. The Hall–Kier alpha value is -2.87. The highest BCUT2D eigenvalue weighted by Crippen LogP contribution is 2.24. The van der Waals surface area contributed by atoms with E-state index in [1.165, 1.54) is 6.21 Å². The fraction of sp³-hybridized carbons (Fsp3) is 0.308. The molecule has 0 saturated heterocycles. The van der Waals surface area contributed by atoms with E-state index in [-0.39, 0.29) is 0 Å². The van der Waals surface area contributed by atoms with Crippen LogP contribution in [0.25, 0.3) is 0 Å². The Morgan fingerprint density at radius 3 is 2.34 bits per heavy atom. The van der Waals surface area contributed by atoms with Crippen molar-refractivity contribution in [3.05, 3.63) is 102 Å². The maximum absolute atomic E-state index is 7.37. The van der Waals surface area contributed by atoms with Gasteiger partial charge in [0.25, 0.3) is 0 Å². The van der Waals surface area contributed by atoms with Crippen LogP contribution in [0.1, 0.15) is 41.5 Å². The molecule has 0 atom stereocenters. The van der Waals surface area contributed by atoms with Crippen molar-refractivity contribution in [1.29, 1.82) is 5.41 Å². The number of hydrogen-bond acceptors (Lipinski definition) is 3. The second-order valence-electron chi connectivity index (χ2n) is 6.53. The third-order valence-electron chi connectivity index (χ3n) is 3.29. The molecule has 1 rings (SSSR count). The van der Waals surface area contributed by atoms with Crippen molar-refractivity contribution in [3.8, 4) is 0 Å². The fourth-order valence-electron chi connectivity index (χ4n) is 1.99. The van der Waals surface area contributed by atoms with Gasteiger partial charge in [0, 0.05) is 24.0 Å². The molecule has 4 N–H and O–H groups in total. The van der Waals surface area contributed by atoms with Gasteiger partial charge in [-0.2, -0.15) is 0 Å². The van der Waals surface area contributed by atoms with Crippen LogP contribution < -0.4 is 11.1 Å². The smallest absolute Gasteiger partial charge is 0.0426 e. The molecule has 0 fully saturated rings. The first-order valence-electron chi connectivity index (χ1n) is 9.87. The molecule has 0 aromatic heterocycles. The van der Waals surface area contributed by atoms with Crippen LogP contribution >= 0.6 is 0 Å². The van der Waals surface area contributed by atoms with Crippen LogP contribution in [0.3, 0.4) is 0 Å². The number of nitrogens with one attached hydrogen (secondary N) is 2. The van der Waals surface area contributed by atoms with Crippen molar-refractivity contribution in [2.75, 3.05) is 6.54 Å². The minimum atomic E-state index is 0.333. The monoisotopic (exact) mass is 393 g/mol. The van der Waals surface area contributed by atoms with Crippen LogP contribution in [0.5, 0.6) is 0 Å². The Morgan fingerprint density at radius 1 is 1.31 bits per heavy atom. The molecule has 0 radical (unpaired) electrons. The predicted molar refractivity (Wildman–Crippen MR) is 132 cm³/mol. The molecule has 0 amide bonds. The van der Waals surface area contributed by atoms with Gasteiger partial charge in [-0.3, -0.25) is 0 Å². The molecule has 0 heterocycles. The van der Waals surface area contributed by atoms with Crippen molar-refractivity contribution in [2.45, 2.75) is 47.6 Å². The third-order valence-corrected chi connectivity index (χ3v) is 3.29. The number of hydrogen-bond donors (Lipinski definition) is 3. The van der Waals surface area contributed by atoms with Crippen molar-refractivity contribution < 1.29 is 0 Å². The second-order valence-corrected chi connectivity index (χ2v) is 6.53. The van der Waals surface area contributed by atoms with Gasteiger partial charge in [-0.15, -0.1) is 5.73 Å². The predicted octanol–water partition coefficient (Wildman–Crippen LogP) is 6.33. The minimum absolute atomic E-state index is 0.333. The van der Waals surface area contributed by atoms with Crippen LogP contribution in [0.4, 0.5) is 0 Å². The molecule has 3 heteroatoms. The summed E-state index contributed by atoms with van der Waals surface area (Å²) in [6.45, 7) is 20.0. The number of rotatable bonds is 7. The lowest BCUT2D eigenvalue weighted by Crippen LogP contribution is -2.13. The maximum Gasteiger partial charge on any atom is 0.0426 e. The van der Waals surface area contributed by atoms with Crippen molar-refractivity contribution in [1.82, 2.24) is 5.32 Å². The van der Waals surface area contributed by atoms with Crippen LogP contribution in [-0.4, -0.2) is 18.8 Å². The molecule has 0 saturated carbocycles. The molecule has 0 aliphatic heterocycles. The molecule has 3 nitrogen and oxygen atoms in total. The van der Waals surface area contributed by atoms with Gasteiger partial charge in [0.05, 0.1) is 0 Å². The molecular formula is C26H39N3. The highest BCUT2D eigenvalue weighted by molar-refractivity contribution is 5.77. The van der Waals surface area contributed by atoms with Gasteiger partial charge in [-0.05, 0) is 74.8 Å². The summed E-state index contributed by atoms with van der Waals surface area (Å²) in [4.78, 5) is 0. The van der Waals surface area contributed by atoms with E-state index >= 15 is 0 Å². The molecular weight excluding hydrogens is 354 g/mol. The quantitative estimate of drug-likeness (QED) is 0.269. The number of allylic oxidation sites excluding steroid dienone is 12. The van der Waals surface area contributed by atoms with Crippen molar-refractivity contribution >= 4 is 6.21 Å². The van der Waals surface area contributed by atoms with Gasteiger partial charge >= 0.3 is 0 Å². The van der Waals surface area contributed by atoms with E-state index in [0.717, 1.165) is 34.5 Å². The Balaban J connectivity index is 0. The first-order valence-corrected chi connectivity index (χ1v) is 9.87. The standard InChI is InChI=1S/C18H22N2.C5H8.C3H9N/c1-5-15(4)17(12-14(3)13-19)16-10-8-7-9-11-18(16)20-6-2;1-3-5-4-2;1-3(2)4/h5,7,9-13,19-20H,1,6H2,2-4H3;3-5H,1H2,2H3;3H,4H2,1-2H3/b14-12+,17-15+,19-13?;5-4-;. The zero-order valence-electron chi connectivity index (χ0n) is 19.0. The van der Waals surface area contributed by atoms with Gasteiger partial charge in [0.2, 0.25) is 0 Å². The van der Waals surface area contributed by atoms with Crippen molar-refractivity contribution in [2.24, 2.45) is 5.73 Å². The molecule has 158 valence electrons. The molecule has 0 aromatic carbocycles. The molecule has 29 heavy (non-hydrogen) atoms. The van der Waals surface area contributed by atoms with E-state index in [1.54, 1.807) is 6.08 Å². The van der Waals surface area contributed by atoms with Crippen molar-refractivity contribution in [3.63, 3.8) is 0 Å². The summed E-state index contributed by atoms with van der Waals surface area (Å²) in [6, 6.07) is 0.333. The molecule has 1 aliphatic rings. The lowest BCUT2D eigenvalue weighted by molar-refractivity contribution is 0.834. The van der Waals surface area contributed by atoms with Crippen LogP contribution in [0.15, 0.2) is 102 Å². The maximum atomic E-state index is 7.37. The summed E-state index contributed by atoms with van der Waals surface area (Å²) >= 11 is 0. The Labute approximate surface area is 178 Å².